The fraction of sp³-hybridized carbons (Fsp3) is 0.176. The molecule has 29 heavy (non-hydrogen) atoms. The molecule has 1 aromatic heterocycles. The van der Waals surface area contributed by atoms with Gasteiger partial charge in [0.2, 0.25) is 0 Å². The number of hydrogen-bond donors (Lipinski definition) is 4. The molecule has 10 nitrogen and oxygen atoms in total. The number of ether oxygens (including phenoxy) is 1. The number of fused-ring (bicyclic) bond motifs is 1. The lowest BCUT2D eigenvalue weighted by molar-refractivity contribution is 0.0474. The van der Waals surface area contributed by atoms with Crippen LogP contribution in [0.25, 0.3) is 11.0 Å². The molecule has 3 aromatic rings. The molecule has 154 valence electrons. The SMILES string of the molecule is O=C(OCc1ccccc1)c1cccc2c1ncn2CC(P(=O)(O)O)P(=O)(O)O. The van der Waals surface area contributed by atoms with Crippen molar-refractivity contribution in [1.29, 1.82) is 0 Å². The van der Waals surface area contributed by atoms with Crippen LogP contribution in [-0.2, 0) is 27.0 Å². The lowest BCUT2D eigenvalue weighted by Gasteiger charge is -2.20. The minimum Gasteiger partial charge on any atom is -0.457 e. The molecule has 0 atom stereocenters. The molecule has 0 aliphatic rings. The smallest absolute Gasteiger partial charge is 0.342 e. The Morgan fingerprint density at radius 3 is 2.28 bits per heavy atom. The molecule has 0 radical (unpaired) electrons. The van der Waals surface area contributed by atoms with Crippen LogP contribution in [0.3, 0.4) is 0 Å². The first-order valence-corrected chi connectivity index (χ1v) is 11.7. The minimum atomic E-state index is -5.10. The van der Waals surface area contributed by atoms with Gasteiger partial charge < -0.3 is 28.9 Å². The van der Waals surface area contributed by atoms with Crippen LogP contribution in [0.1, 0.15) is 15.9 Å². The second-order valence-electron chi connectivity index (χ2n) is 6.29. The van der Waals surface area contributed by atoms with E-state index < -0.39 is 33.1 Å². The molecule has 12 heteroatoms. The quantitative estimate of drug-likeness (QED) is 0.319. The van der Waals surface area contributed by atoms with Crippen molar-refractivity contribution in [3.8, 4) is 0 Å². The summed E-state index contributed by atoms with van der Waals surface area (Å²) in [4.78, 5) is 53.8. The third-order valence-corrected chi connectivity index (χ3v) is 7.90. The Bertz CT molecular complexity index is 1100. The van der Waals surface area contributed by atoms with Gasteiger partial charge in [-0.15, -0.1) is 0 Å². The van der Waals surface area contributed by atoms with E-state index in [1.165, 1.54) is 22.8 Å². The molecule has 0 amide bonds. The number of benzene rings is 2. The summed E-state index contributed by atoms with van der Waals surface area (Å²) in [7, 11) is -10.2. The van der Waals surface area contributed by atoms with Gasteiger partial charge >= 0.3 is 21.2 Å². The molecule has 2 aromatic carbocycles. The minimum absolute atomic E-state index is 0.0509. The van der Waals surface area contributed by atoms with Crippen molar-refractivity contribution in [1.82, 2.24) is 9.55 Å². The Hall–Kier alpha value is -2.32. The predicted molar refractivity (Wildman–Crippen MR) is 103 cm³/mol. The van der Waals surface area contributed by atoms with E-state index in [9.17, 15) is 33.5 Å². The topological polar surface area (TPSA) is 159 Å². The summed E-state index contributed by atoms with van der Waals surface area (Å²) in [6.07, 6.45) is 1.16. The number of rotatable bonds is 7. The van der Waals surface area contributed by atoms with Crippen molar-refractivity contribution in [3.63, 3.8) is 0 Å². The molecular weight excluding hydrogens is 422 g/mol. The second kappa shape index (κ2) is 8.20. The van der Waals surface area contributed by atoms with Crippen molar-refractivity contribution in [2.75, 3.05) is 0 Å². The fourth-order valence-corrected chi connectivity index (χ4v) is 5.13. The van der Waals surface area contributed by atoms with E-state index in [2.05, 4.69) is 4.98 Å². The number of carbonyl (C=O) groups is 1. The van der Waals surface area contributed by atoms with Gasteiger partial charge in [-0.3, -0.25) is 9.13 Å². The van der Waals surface area contributed by atoms with Gasteiger partial charge in [0.05, 0.1) is 17.4 Å². The average molecular weight is 440 g/mol. The van der Waals surface area contributed by atoms with E-state index in [0.717, 1.165) is 11.9 Å². The van der Waals surface area contributed by atoms with Gasteiger partial charge in [-0.05, 0) is 17.7 Å². The highest BCUT2D eigenvalue weighted by molar-refractivity contribution is 7.70. The summed E-state index contributed by atoms with van der Waals surface area (Å²) >= 11 is 0. The van der Waals surface area contributed by atoms with Crippen LogP contribution in [0.15, 0.2) is 54.9 Å². The van der Waals surface area contributed by atoms with Gasteiger partial charge in [-0.1, -0.05) is 36.4 Å². The molecule has 0 bridgehead atoms. The first-order chi connectivity index (χ1) is 13.6. The third kappa shape index (κ3) is 5.00. The van der Waals surface area contributed by atoms with Gasteiger partial charge in [-0.25, -0.2) is 9.78 Å². The molecule has 0 spiro atoms. The fourth-order valence-electron chi connectivity index (χ4n) is 2.78. The van der Waals surface area contributed by atoms with Crippen LogP contribution >= 0.6 is 15.2 Å². The summed E-state index contributed by atoms with van der Waals surface area (Å²) in [6, 6.07) is 13.6. The average Bonchev–Trinajstić information content (AvgIpc) is 3.06. The molecule has 0 saturated carbocycles. The van der Waals surface area contributed by atoms with Crippen LogP contribution in [0.5, 0.6) is 0 Å². The van der Waals surface area contributed by atoms with Crippen LogP contribution in [0.2, 0.25) is 0 Å². The zero-order valence-corrected chi connectivity index (χ0v) is 16.7. The summed E-state index contributed by atoms with van der Waals surface area (Å²) in [5.74, 6) is -0.647. The number of para-hydroxylation sites is 1. The summed E-state index contributed by atoms with van der Waals surface area (Å²) < 4.78 is 29.5. The molecule has 4 N–H and O–H groups in total. The number of carbonyl (C=O) groups excluding carboxylic acids is 1. The summed E-state index contributed by atoms with van der Waals surface area (Å²) in [5, 5.41) is -2.22. The van der Waals surface area contributed by atoms with Gasteiger partial charge in [0.1, 0.15) is 12.1 Å². The van der Waals surface area contributed by atoms with Crippen molar-refractivity contribution in [2.24, 2.45) is 0 Å². The third-order valence-electron chi connectivity index (χ3n) is 4.22. The number of esters is 1. The van der Waals surface area contributed by atoms with Crippen LogP contribution in [0, 0.1) is 0 Å². The largest absolute Gasteiger partial charge is 0.457 e. The number of aromatic nitrogens is 2. The molecule has 0 saturated heterocycles. The highest BCUT2D eigenvalue weighted by atomic mass is 31.2. The maximum absolute atomic E-state index is 12.5. The standard InChI is InChI=1S/C17H18N2O8P2/c20-17(27-10-12-5-2-1-3-6-12)13-7-4-8-14-16(13)18-11-19(14)9-15(28(21,22)23)29(24,25)26/h1-8,11,15H,9-10H2,(H2,21,22,23)(H2,24,25,26). The van der Waals surface area contributed by atoms with E-state index in [1.807, 2.05) is 18.2 Å². The molecular formula is C17H18N2O8P2. The van der Waals surface area contributed by atoms with Gasteiger partial charge in [0, 0.05) is 6.54 Å². The highest BCUT2D eigenvalue weighted by Gasteiger charge is 2.43. The van der Waals surface area contributed by atoms with Gasteiger partial charge in [0.25, 0.3) is 0 Å². The zero-order valence-electron chi connectivity index (χ0n) is 14.9. The highest BCUT2D eigenvalue weighted by Crippen LogP contribution is 2.60. The first kappa shape index (κ1) is 21.4. The van der Waals surface area contributed by atoms with Crippen LogP contribution < -0.4 is 0 Å². The van der Waals surface area contributed by atoms with Crippen molar-refractivity contribution < 1.29 is 38.2 Å². The maximum atomic E-state index is 12.5. The van der Waals surface area contributed by atoms with E-state index in [1.54, 1.807) is 12.1 Å². The molecule has 1 heterocycles. The molecule has 3 rings (SSSR count). The first-order valence-electron chi connectivity index (χ1n) is 8.32. The lowest BCUT2D eigenvalue weighted by Crippen LogP contribution is -2.17. The predicted octanol–water partition coefficient (Wildman–Crippen LogP) is 2.07. The lowest BCUT2D eigenvalue weighted by atomic mass is 10.2. The Balaban J connectivity index is 1.88. The summed E-state index contributed by atoms with van der Waals surface area (Å²) in [6.45, 7) is -0.622. The van der Waals surface area contributed by atoms with Gasteiger partial charge in [-0.2, -0.15) is 0 Å². The Morgan fingerprint density at radius 1 is 1.00 bits per heavy atom. The molecule has 0 aliphatic carbocycles. The van der Waals surface area contributed by atoms with Crippen LogP contribution in [-0.4, -0.2) is 40.5 Å². The number of imidazole rings is 1. The second-order valence-corrected chi connectivity index (χ2v) is 10.3. The van der Waals surface area contributed by atoms with Crippen molar-refractivity contribution >= 4 is 32.2 Å². The van der Waals surface area contributed by atoms with Crippen molar-refractivity contribution in [2.45, 2.75) is 18.6 Å². The number of hydrogen-bond acceptors (Lipinski definition) is 5. The Morgan fingerprint density at radius 2 is 1.66 bits per heavy atom. The maximum Gasteiger partial charge on any atom is 0.342 e. The van der Waals surface area contributed by atoms with E-state index in [4.69, 9.17) is 4.74 Å². The van der Waals surface area contributed by atoms with E-state index >= 15 is 0 Å². The Kier molecular flexibility index (Phi) is 6.05. The molecule has 0 unspecified atom stereocenters. The molecule has 0 fully saturated rings. The van der Waals surface area contributed by atoms with Crippen molar-refractivity contribution in [3.05, 3.63) is 66.0 Å². The summed E-state index contributed by atoms with van der Waals surface area (Å²) in [5.41, 5.74) is 1.40. The normalized spacial score (nSPS) is 12.4. The Labute approximate surface area is 165 Å². The van der Waals surface area contributed by atoms with Crippen LogP contribution in [0.4, 0.5) is 0 Å². The number of nitrogens with zero attached hydrogens (tertiary/aromatic N) is 2. The van der Waals surface area contributed by atoms with E-state index in [-0.39, 0.29) is 23.2 Å². The monoisotopic (exact) mass is 440 g/mol. The molecule has 0 aliphatic heterocycles. The van der Waals surface area contributed by atoms with Gasteiger partial charge in [0.15, 0.2) is 5.40 Å². The van der Waals surface area contributed by atoms with E-state index in [0.29, 0.717) is 0 Å². The zero-order chi connectivity index (χ0) is 21.2.